The molecule has 5 heteroatoms. The van der Waals surface area contributed by atoms with E-state index >= 15 is 0 Å². The molecule has 11 heavy (non-hydrogen) atoms. The van der Waals surface area contributed by atoms with Crippen molar-refractivity contribution in [2.24, 2.45) is 11.7 Å². The fraction of sp³-hybridized carbons (Fsp3) is 0.833. The van der Waals surface area contributed by atoms with Crippen LogP contribution < -0.4 is 5.73 Å². The van der Waals surface area contributed by atoms with Gasteiger partial charge < -0.3 is 10.8 Å². The van der Waals surface area contributed by atoms with Crippen LogP contribution in [0.25, 0.3) is 0 Å². The van der Waals surface area contributed by atoms with Gasteiger partial charge in [-0.3, -0.25) is 4.79 Å². The van der Waals surface area contributed by atoms with Crippen LogP contribution in [0.3, 0.4) is 0 Å². The summed E-state index contributed by atoms with van der Waals surface area (Å²) in [6.45, 7) is 1.93. The molecule has 0 aliphatic rings. The zero-order valence-electron chi connectivity index (χ0n) is 6.13. The van der Waals surface area contributed by atoms with Gasteiger partial charge in [0.1, 0.15) is 6.04 Å². The number of rotatable bonds is 4. The van der Waals surface area contributed by atoms with Crippen molar-refractivity contribution in [3.8, 4) is 0 Å². The van der Waals surface area contributed by atoms with Crippen LogP contribution in [0.4, 0.5) is 0 Å². The number of carboxylic acids is 1. The Balaban J connectivity index is 4.00. The lowest BCUT2D eigenvalue weighted by molar-refractivity contribution is -0.138. The Bertz CT molecular complexity index is 143. The molecule has 0 bridgehead atoms. The normalized spacial score (nSPS) is 18.9. The molecule has 0 aromatic carbocycles. The molecule has 0 aromatic heterocycles. The maximum atomic E-state index is 10.4. The maximum Gasteiger partial charge on any atom is 0.321 e. The summed E-state index contributed by atoms with van der Waals surface area (Å²) in [5.74, 6) is -0.763. The highest BCUT2D eigenvalue weighted by Crippen LogP contribution is 2.17. The van der Waals surface area contributed by atoms with Gasteiger partial charge >= 0.3 is 5.97 Å². The van der Waals surface area contributed by atoms with Crippen LogP contribution in [0.1, 0.15) is 6.92 Å². The number of alkyl halides is 2. The SMILES string of the molecule is CC(CBr)C(Br)C(N)C(=O)O. The van der Waals surface area contributed by atoms with Gasteiger partial charge in [-0.1, -0.05) is 38.8 Å². The molecule has 0 heterocycles. The Kier molecular flexibility index (Phi) is 5.29. The summed E-state index contributed by atoms with van der Waals surface area (Å²) < 4.78 is 0. The summed E-state index contributed by atoms with van der Waals surface area (Å²) in [6.07, 6.45) is 0. The second kappa shape index (κ2) is 5.11. The molecule has 3 unspecified atom stereocenters. The number of carboxylic acid groups (broad SMARTS) is 1. The van der Waals surface area contributed by atoms with Gasteiger partial charge in [-0.25, -0.2) is 0 Å². The van der Waals surface area contributed by atoms with E-state index in [1.165, 1.54) is 0 Å². The van der Waals surface area contributed by atoms with Crippen molar-refractivity contribution in [1.29, 1.82) is 0 Å². The number of hydrogen-bond donors (Lipinski definition) is 2. The van der Waals surface area contributed by atoms with E-state index in [1.54, 1.807) is 0 Å². The van der Waals surface area contributed by atoms with Crippen molar-refractivity contribution in [3.63, 3.8) is 0 Å². The Morgan fingerprint density at radius 2 is 2.18 bits per heavy atom. The highest BCUT2D eigenvalue weighted by molar-refractivity contribution is 9.10. The molecule has 0 aliphatic heterocycles. The molecule has 66 valence electrons. The van der Waals surface area contributed by atoms with E-state index in [4.69, 9.17) is 10.8 Å². The topological polar surface area (TPSA) is 63.3 Å². The van der Waals surface area contributed by atoms with Crippen LogP contribution in [0, 0.1) is 5.92 Å². The Morgan fingerprint density at radius 1 is 1.73 bits per heavy atom. The Hall–Kier alpha value is 0.390. The summed E-state index contributed by atoms with van der Waals surface area (Å²) in [5, 5.41) is 9.27. The standard InChI is InChI=1S/C6H11Br2NO2/c1-3(2-7)4(8)5(9)6(10)11/h3-5H,2,9H2,1H3,(H,10,11). The van der Waals surface area contributed by atoms with Crippen LogP contribution in [-0.2, 0) is 4.79 Å². The molecule has 3 atom stereocenters. The monoisotopic (exact) mass is 287 g/mol. The minimum Gasteiger partial charge on any atom is -0.480 e. The van der Waals surface area contributed by atoms with Gasteiger partial charge in [0.2, 0.25) is 0 Å². The molecule has 0 rings (SSSR count). The van der Waals surface area contributed by atoms with Gasteiger partial charge in [0, 0.05) is 10.2 Å². The zero-order chi connectivity index (χ0) is 9.02. The largest absolute Gasteiger partial charge is 0.480 e. The number of hydrogen-bond acceptors (Lipinski definition) is 2. The predicted molar refractivity (Wildman–Crippen MR) is 51.3 cm³/mol. The lowest BCUT2D eigenvalue weighted by atomic mass is 10.0. The Labute approximate surface area is 82.6 Å². The summed E-state index contributed by atoms with van der Waals surface area (Å²) >= 11 is 6.49. The molecule has 0 radical (unpaired) electrons. The van der Waals surface area contributed by atoms with Crippen molar-refractivity contribution in [2.75, 3.05) is 5.33 Å². The number of halogens is 2. The average molecular weight is 289 g/mol. The number of aliphatic carboxylic acids is 1. The fourth-order valence-corrected chi connectivity index (χ4v) is 1.89. The first-order valence-corrected chi connectivity index (χ1v) is 5.22. The molecule has 0 spiro atoms. The third-order valence-electron chi connectivity index (χ3n) is 1.42. The molecular weight excluding hydrogens is 278 g/mol. The molecular formula is C6H11Br2NO2. The second-order valence-corrected chi connectivity index (χ2v) is 4.14. The fourth-order valence-electron chi connectivity index (χ4n) is 0.575. The van der Waals surface area contributed by atoms with Crippen molar-refractivity contribution in [1.82, 2.24) is 0 Å². The first-order chi connectivity index (χ1) is 5.00. The highest BCUT2D eigenvalue weighted by atomic mass is 79.9. The molecule has 0 aromatic rings. The van der Waals surface area contributed by atoms with Crippen LogP contribution in [0.5, 0.6) is 0 Å². The molecule has 0 fully saturated rings. The van der Waals surface area contributed by atoms with Gasteiger partial charge in [-0.05, 0) is 5.92 Å². The predicted octanol–water partition coefficient (Wildman–Crippen LogP) is 1.19. The minimum absolute atomic E-state index is 0.181. The summed E-state index contributed by atoms with van der Waals surface area (Å²) in [7, 11) is 0. The van der Waals surface area contributed by atoms with E-state index in [2.05, 4.69) is 31.9 Å². The summed E-state index contributed by atoms with van der Waals surface area (Å²) in [6, 6.07) is -0.831. The highest BCUT2D eigenvalue weighted by Gasteiger charge is 2.25. The van der Waals surface area contributed by atoms with E-state index in [-0.39, 0.29) is 10.7 Å². The number of nitrogens with two attached hydrogens (primary N) is 1. The van der Waals surface area contributed by atoms with Gasteiger partial charge in [-0.15, -0.1) is 0 Å². The van der Waals surface area contributed by atoms with Crippen molar-refractivity contribution < 1.29 is 9.90 Å². The first-order valence-electron chi connectivity index (χ1n) is 3.19. The lowest BCUT2D eigenvalue weighted by Crippen LogP contribution is -2.42. The third-order valence-corrected chi connectivity index (χ3v) is 3.91. The molecule has 0 saturated carbocycles. The van der Waals surface area contributed by atoms with Gasteiger partial charge in [0.15, 0.2) is 0 Å². The van der Waals surface area contributed by atoms with Crippen molar-refractivity contribution in [3.05, 3.63) is 0 Å². The first kappa shape index (κ1) is 11.4. The van der Waals surface area contributed by atoms with Gasteiger partial charge in [0.05, 0.1) is 0 Å². The van der Waals surface area contributed by atoms with E-state index in [1.807, 2.05) is 6.92 Å². The van der Waals surface area contributed by atoms with Gasteiger partial charge in [-0.2, -0.15) is 0 Å². The van der Waals surface area contributed by atoms with Crippen LogP contribution in [0.15, 0.2) is 0 Å². The van der Waals surface area contributed by atoms with Crippen molar-refractivity contribution >= 4 is 37.8 Å². The lowest BCUT2D eigenvalue weighted by Gasteiger charge is -2.19. The second-order valence-electron chi connectivity index (χ2n) is 2.44. The summed E-state index contributed by atoms with van der Waals surface area (Å²) in [4.78, 5) is 10.2. The quantitative estimate of drug-likeness (QED) is 0.764. The molecule has 0 saturated heterocycles. The average Bonchev–Trinajstić information content (AvgIpc) is 2.00. The van der Waals surface area contributed by atoms with E-state index in [0.717, 1.165) is 5.33 Å². The van der Waals surface area contributed by atoms with Crippen LogP contribution in [0.2, 0.25) is 0 Å². The molecule has 0 aliphatic carbocycles. The number of carbonyl (C=O) groups is 1. The van der Waals surface area contributed by atoms with Crippen LogP contribution in [-0.4, -0.2) is 27.3 Å². The van der Waals surface area contributed by atoms with E-state index in [0.29, 0.717) is 0 Å². The van der Waals surface area contributed by atoms with E-state index in [9.17, 15) is 4.79 Å². The Morgan fingerprint density at radius 3 is 2.45 bits per heavy atom. The van der Waals surface area contributed by atoms with Crippen molar-refractivity contribution in [2.45, 2.75) is 17.8 Å². The zero-order valence-corrected chi connectivity index (χ0v) is 9.30. The van der Waals surface area contributed by atoms with Gasteiger partial charge in [0.25, 0.3) is 0 Å². The maximum absolute atomic E-state index is 10.4. The summed E-state index contributed by atoms with van der Waals surface area (Å²) in [5.41, 5.74) is 5.37. The smallest absolute Gasteiger partial charge is 0.321 e. The van der Waals surface area contributed by atoms with E-state index < -0.39 is 12.0 Å². The van der Waals surface area contributed by atoms with Crippen LogP contribution >= 0.6 is 31.9 Å². The molecule has 0 amide bonds. The minimum atomic E-state index is -0.973. The molecule has 3 nitrogen and oxygen atoms in total. The third kappa shape index (κ3) is 3.53. The molecule has 3 N–H and O–H groups in total.